The molecule has 0 radical (unpaired) electrons. The number of fused-ring (bicyclic) bond motifs is 2. The molecule has 0 aromatic heterocycles. The number of rotatable bonds is 6. The van der Waals surface area contributed by atoms with Gasteiger partial charge in [0, 0.05) is 25.2 Å². The fraction of sp³-hybridized carbons (Fsp3) is 0.867. The predicted molar refractivity (Wildman–Crippen MR) is 152 cm³/mol. The molecule has 4 aliphatic rings. The molecule has 2 bridgehead atoms. The fourth-order valence-corrected chi connectivity index (χ4v) is 7.92. The van der Waals surface area contributed by atoms with E-state index >= 15 is 0 Å². The second-order valence-electron chi connectivity index (χ2n) is 13.8. The Morgan fingerprint density at radius 2 is 1.82 bits per heavy atom. The molecule has 218 valence electrons. The summed E-state index contributed by atoms with van der Waals surface area (Å²) in [7, 11) is 2.04. The Labute approximate surface area is 235 Å². The van der Waals surface area contributed by atoms with Crippen LogP contribution in [0.4, 0.5) is 4.79 Å². The Kier molecular flexibility index (Phi) is 9.15. The Morgan fingerprint density at radius 1 is 1.13 bits per heavy atom. The maximum absolute atomic E-state index is 14.0. The highest BCUT2D eigenvalue weighted by molar-refractivity contribution is 5.96. The van der Waals surface area contributed by atoms with E-state index in [4.69, 9.17) is 9.73 Å². The molecule has 2 aliphatic carbocycles. The van der Waals surface area contributed by atoms with Gasteiger partial charge in [-0.3, -0.25) is 10.1 Å². The molecule has 4 rings (SSSR count). The number of ether oxygens (including phenoxy) is 1. The van der Waals surface area contributed by atoms with Gasteiger partial charge in [-0.1, -0.05) is 46.0 Å². The summed E-state index contributed by atoms with van der Waals surface area (Å²) in [5.74, 6) is 1.16. The van der Waals surface area contributed by atoms with Crippen LogP contribution in [0.25, 0.3) is 0 Å². The molecular formula is C30H50N6O3. The number of alkyl carbamates (subject to hydrolysis) is 1. The number of nitrogens with one attached hydrogen (secondary N) is 2. The highest BCUT2D eigenvalue weighted by Gasteiger charge is 2.52. The lowest BCUT2D eigenvalue weighted by atomic mass is 9.67. The van der Waals surface area contributed by atoms with Crippen molar-refractivity contribution in [3.05, 3.63) is 0 Å². The van der Waals surface area contributed by atoms with Crippen LogP contribution in [0, 0.1) is 28.6 Å². The van der Waals surface area contributed by atoms with Crippen LogP contribution in [-0.2, 0) is 9.53 Å². The second-order valence-corrected chi connectivity index (χ2v) is 13.8. The zero-order chi connectivity index (χ0) is 28.3. The summed E-state index contributed by atoms with van der Waals surface area (Å²) < 4.78 is 5.27. The zero-order valence-electron chi connectivity index (χ0n) is 24.9. The van der Waals surface area contributed by atoms with Crippen molar-refractivity contribution in [2.24, 2.45) is 22.2 Å². The lowest BCUT2D eigenvalue weighted by Gasteiger charge is -2.44. The van der Waals surface area contributed by atoms with Crippen LogP contribution in [-0.4, -0.2) is 78.2 Å². The van der Waals surface area contributed by atoms with E-state index in [1.54, 1.807) is 6.92 Å². The number of amides is 2. The lowest BCUT2D eigenvalue weighted by Crippen LogP contribution is -2.57. The smallest absolute Gasteiger partial charge is 0.413 e. The van der Waals surface area contributed by atoms with Crippen LogP contribution >= 0.6 is 0 Å². The number of aliphatic imine (C=N–C) groups is 1. The van der Waals surface area contributed by atoms with E-state index in [0.29, 0.717) is 37.1 Å². The van der Waals surface area contributed by atoms with E-state index < -0.39 is 17.7 Å². The molecule has 2 aliphatic heterocycles. The summed E-state index contributed by atoms with van der Waals surface area (Å²) in [5.41, 5.74) is -0.828. The number of nitriles is 1. The van der Waals surface area contributed by atoms with Crippen molar-refractivity contribution in [2.45, 2.75) is 115 Å². The van der Waals surface area contributed by atoms with Gasteiger partial charge in [0.1, 0.15) is 11.6 Å². The van der Waals surface area contributed by atoms with Crippen LogP contribution in [0.2, 0.25) is 0 Å². The van der Waals surface area contributed by atoms with E-state index in [1.807, 2.05) is 7.05 Å². The summed E-state index contributed by atoms with van der Waals surface area (Å²) in [5, 5.41) is 16.2. The van der Waals surface area contributed by atoms with Gasteiger partial charge < -0.3 is 19.9 Å². The molecule has 39 heavy (non-hydrogen) atoms. The van der Waals surface area contributed by atoms with Gasteiger partial charge >= 0.3 is 6.09 Å². The predicted octanol–water partition coefficient (Wildman–Crippen LogP) is 4.43. The van der Waals surface area contributed by atoms with Crippen LogP contribution in [0.15, 0.2) is 4.99 Å². The van der Waals surface area contributed by atoms with Crippen molar-refractivity contribution >= 4 is 18.0 Å². The normalized spacial score (nSPS) is 29.8. The maximum Gasteiger partial charge on any atom is 0.413 e. The van der Waals surface area contributed by atoms with E-state index in [2.05, 4.69) is 47.3 Å². The minimum absolute atomic E-state index is 0.154. The summed E-state index contributed by atoms with van der Waals surface area (Å²) in [6.45, 7) is 11.3. The first-order chi connectivity index (χ1) is 18.5. The first-order valence-corrected chi connectivity index (χ1v) is 15.2. The number of likely N-dealkylation sites (tertiary alicyclic amines) is 2. The Balaban J connectivity index is 1.65. The molecule has 3 atom stereocenters. The van der Waals surface area contributed by atoms with E-state index in [-0.39, 0.29) is 23.5 Å². The second kappa shape index (κ2) is 12.0. The van der Waals surface area contributed by atoms with Gasteiger partial charge in [-0.05, 0) is 76.7 Å². The van der Waals surface area contributed by atoms with Gasteiger partial charge in [-0.2, -0.15) is 5.26 Å². The third-order valence-electron chi connectivity index (χ3n) is 9.55. The third-order valence-corrected chi connectivity index (χ3v) is 9.55. The largest absolute Gasteiger partial charge is 0.450 e. The highest BCUT2D eigenvalue weighted by atomic mass is 16.5. The number of piperidine rings is 1. The molecule has 9 heteroatoms. The number of guanidine groups is 1. The minimum Gasteiger partial charge on any atom is -0.450 e. The van der Waals surface area contributed by atoms with E-state index in [0.717, 1.165) is 51.7 Å². The maximum atomic E-state index is 14.0. The topological polar surface area (TPSA) is 110 Å². The standard InChI is InChI=1S/C30H50N6O3/c1-6-39-27(38)33-26(36-19-23-17-28(2,3)20-29(36,4)18-23)32-24(16-22-10-8-7-9-11-22)25(37)34-30(21-31)12-14-35(5)15-13-30/h22-24H,6-20H2,1-5H3,(H,34,37)(H,32,33,38)/t23?,24-,29+/m0/s1. The SMILES string of the molecule is CCOC(=O)NC(=N[C@@H](CC1CCCCC1)C(=O)NC1(C#N)CCN(C)CC1)N1CC2CC(C)(C)C[C@@]1(C)C2. The van der Waals surface area contributed by atoms with Crippen molar-refractivity contribution in [1.82, 2.24) is 20.4 Å². The molecule has 2 heterocycles. The molecule has 2 saturated heterocycles. The molecule has 0 spiro atoms. The number of hydrogen-bond acceptors (Lipinski definition) is 6. The Hall–Kier alpha value is -2.34. The molecule has 2 amide bonds. The summed E-state index contributed by atoms with van der Waals surface area (Å²) in [6.07, 6.45) is 10.2. The minimum atomic E-state index is -0.876. The molecule has 2 N–H and O–H groups in total. The van der Waals surface area contributed by atoms with Gasteiger partial charge in [0.05, 0.1) is 12.7 Å². The van der Waals surface area contributed by atoms with Crippen molar-refractivity contribution in [2.75, 3.05) is 33.3 Å². The lowest BCUT2D eigenvalue weighted by molar-refractivity contribution is -0.124. The number of carbonyl (C=O) groups excluding carboxylic acids is 2. The summed E-state index contributed by atoms with van der Waals surface area (Å²) >= 11 is 0. The van der Waals surface area contributed by atoms with Crippen LogP contribution in [0.3, 0.4) is 0 Å². The van der Waals surface area contributed by atoms with E-state index in [9.17, 15) is 14.9 Å². The van der Waals surface area contributed by atoms with Crippen molar-refractivity contribution in [3.8, 4) is 6.07 Å². The van der Waals surface area contributed by atoms with Crippen molar-refractivity contribution in [3.63, 3.8) is 0 Å². The van der Waals surface area contributed by atoms with Crippen molar-refractivity contribution in [1.29, 1.82) is 5.26 Å². The molecule has 1 unspecified atom stereocenters. The van der Waals surface area contributed by atoms with Gasteiger partial charge in [-0.25, -0.2) is 9.79 Å². The molecular weight excluding hydrogens is 492 g/mol. The van der Waals surface area contributed by atoms with Gasteiger partial charge in [0.15, 0.2) is 0 Å². The monoisotopic (exact) mass is 542 g/mol. The summed E-state index contributed by atoms with van der Waals surface area (Å²) in [6, 6.07) is 1.75. The van der Waals surface area contributed by atoms with Crippen LogP contribution in [0.5, 0.6) is 0 Å². The average molecular weight is 543 g/mol. The average Bonchev–Trinajstić information content (AvgIpc) is 3.13. The van der Waals surface area contributed by atoms with E-state index in [1.165, 1.54) is 19.3 Å². The summed E-state index contributed by atoms with van der Waals surface area (Å²) in [4.78, 5) is 36.2. The van der Waals surface area contributed by atoms with Gasteiger partial charge in [0.2, 0.25) is 11.9 Å². The molecule has 2 saturated carbocycles. The first kappa shape index (κ1) is 29.6. The number of carbonyl (C=O) groups is 2. The van der Waals surface area contributed by atoms with Gasteiger partial charge in [0.25, 0.3) is 0 Å². The molecule has 4 fully saturated rings. The molecule has 0 aromatic carbocycles. The van der Waals surface area contributed by atoms with Gasteiger partial charge in [-0.15, -0.1) is 0 Å². The van der Waals surface area contributed by atoms with Crippen LogP contribution in [0.1, 0.15) is 98.3 Å². The highest BCUT2D eigenvalue weighted by Crippen LogP contribution is 2.51. The number of hydrogen-bond donors (Lipinski definition) is 2. The van der Waals surface area contributed by atoms with Crippen molar-refractivity contribution < 1.29 is 14.3 Å². The third kappa shape index (κ3) is 7.25. The first-order valence-electron chi connectivity index (χ1n) is 15.2. The fourth-order valence-electron chi connectivity index (χ4n) is 7.92. The number of nitrogens with zero attached hydrogens (tertiary/aromatic N) is 4. The molecule has 0 aromatic rings. The zero-order valence-corrected chi connectivity index (χ0v) is 24.9. The van der Waals surface area contributed by atoms with Crippen LogP contribution < -0.4 is 10.6 Å². The Bertz CT molecular complexity index is 960. The quantitative estimate of drug-likeness (QED) is 0.380. The Morgan fingerprint density at radius 3 is 2.46 bits per heavy atom. The molecule has 9 nitrogen and oxygen atoms in total.